The smallest absolute Gasteiger partial charge is 0.373 e. The van der Waals surface area contributed by atoms with Gasteiger partial charge in [0.25, 0.3) is 0 Å². The van der Waals surface area contributed by atoms with Gasteiger partial charge in [-0.2, -0.15) is 18.3 Å². The highest BCUT2D eigenvalue weighted by Crippen LogP contribution is 2.41. The molecular formula is C26H23F5N6O. The number of hydrogen-bond acceptors (Lipinski definition) is 6. The second-order valence-electron chi connectivity index (χ2n) is 9.85. The summed E-state index contributed by atoms with van der Waals surface area (Å²) >= 11 is 0. The van der Waals surface area contributed by atoms with Crippen LogP contribution < -0.4 is 0 Å². The third-order valence-electron chi connectivity index (χ3n) is 7.17. The highest BCUT2D eigenvalue weighted by atomic mass is 19.4. The Bertz CT molecular complexity index is 1550. The first kappa shape index (κ1) is 24.8. The van der Waals surface area contributed by atoms with Gasteiger partial charge in [0.05, 0.1) is 35.3 Å². The Kier molecular flexibility index (Phi) is 5.89. The van der Waals surface area contributed by atoms with Gasteiger partial charge in [-0.3, -0.25) is 4.68 Å². The molecule has 0 spiro atoms. The first-order valence-electron chi connectivity index (χ1n) is 12.3. The summed E-state index contributed by atoms with van der Waals surface area (Å²) in [4.78, 5) is 18.1. The zero-order valence-electron chi connectivity index (χ0n) is 20.6. The van der Waals surface area contributed by atoms with Gasteiger partial charge in [0.15, 0.2) is 17.3 Å². The summed E-state index contributed by atoms with van der Waals surface area (Å²) in [5, 5.41) is 4.44. The summed E-state index contributed by atoms with van der Waals surface area (Å²) in [6.45, 7) is 3.85. The monoisotopic (exact) mass is 530 g/mol. The van der Waals surface area contributed by atoms with E-state index in [9.17, 15) is 17.6 Å². The van der Waals surface area contributed by atoms with Crippen molar-refractivity contribution in [3.63, 3.8) is 0 Å². The van der Waals surface area contributed by atoms with E-state index in [1.165, 1.54) is 0 Å². The third-order valence-corrected chi connectivity index (χ3v) is 7.17. The van der Waals surface area contributed by atoms with Crippen molar-refractivity contribution in [3.8, 4) is 11.3 Å². The molecule has 38 heavy (non-hydrogen) atoms. The fourth-order valence-corrected chi connectivity index (χ4v) is 4.77. The van der Waals surface area contributed by atoms with Crippen LogP contribution in [0.1, 0.15) is 72.1 Å². The number of halogens is 5. The predicted molar refractivity (Wildman–Crippen MR) is 126 cm³/mol. The number of rotatable bonds is 4. The summed E-state index contributed by atoms with van der Waals surface area (Å²) < 4.78 is 77.1. The van der Waals surface area contributed by atoms with Crippen LogP contribution in [0.4, 0.5) is 22.0 Å². The summed E-state index contributed by atoms with van der Waals surface area (Å²) in [7, 11) is 0. The average molecular weight is 531 g/mol. The maximum atomic E-state index is 15.1. The fraction of sp³-hybridized carbons (Fsp3) is 0.423. The zero-order valence-corrected chi connectivity index (χ0v) is 20.6. The van der Waals surface area contributed by atoms with E-state index in [-0.39, 0.29) is 28.9 Å². The molecular weight excluding hydrogens is 507 g/mol. The molecule has 198 valence electrons. The molecule has 0 radical (unpaired) electrons. The van der Waals surface area contributed by atoms with Crippen molar-refractivity contribution in [2.45, 2.75) is 63.8 Å². The lowest BCUT2D eigenvalue weighted by atomic mass is 9.92. The van der Waals surface area contributed by atoms with Crippen LogP contribution in [0.3, 0.4) is 0 Å². The highest BCUT2D eigenvalue weighted by Gasteiger charge is 2.37. The van der Waals surface area contributed by atoms with Crippen molar-refractivity contribution in [2.24, 2.45) is 0 Å². The largest absolute Gasteiger partial charge is 0.419 e. The number of hydrogen-bond donors (Lipinski definition) is 0. The Morgan fingerprint density at radius 3 is 2.45 bits per heavy atom. The Balaban J connectivity index is 1.43. The molecule has 4 heterocycles. The van der Waals surface area contributed by atoms with E-state index in [4.69, 9.17) is 4.74 Å². The van der Waals surface area contributed by atoms with Crippen LogP contribution in [0.25, 0.3) is 22.4 Å². The van der Waals surface area contributed by atoms with E-state index in [1.807, 2.05) is 10.9 Å². The standard InChI is InChI=1S/C26H23F5N6O/c1-12-13(2)34-25-23(33-12)22(17-5-6-18(26(29,30)31)21(28)20(17)27)35-24(36-25)14-7-8-38-19(9-14)15-10-32-37(11-15)16-3-4-16/h5-6,10-11,14,16,19H,3-4,7-9H2,1-2H3. The molecule has 4 aromatic rings. The van der Waals surface area contributed by atoms with Crippen molar-refractivity contribution in [1.82, 2.24) is 29.7 Å². The predicted octanol–water partition coefficient (Wildman–Crippen LogP) is 6.17. The van der Waals surface area contributed by atoms with E-state index < -0.39 is 28.9 Å². The molecule has 12 heteroatoms. The maximum Gasteiger partial charge on any atom is 0.419 e. The van der Waals surface area contributed by atoms with Gasteiger partial charge < -0.3 is 4.74 Å². The van der Waals surface area contributed by atoms with Gasteiger partial charge in [-0.1, -0.05) is 0 Å². The van der Waals surface area contributed by atoms with Gasteiger partial charge in [-0.05, 0) is 51.7 Å². The lowest BCUT2D eigenvalue weighted by Crippen LogP contribution is -2.20. The molecule has 2 unspecified atom stereocenters. The minimum Gasteiger partial charge on any atom is -0.373 e. The minimum atomic E-state index is -5.04. The molecule has 1 aliphatic heterocycles. The van der Waals surface area contributed by atoms with Gasteiger partial charge in [0.2, 0.25) is 0 Å². The van der Waals surface area contributed by atoms with Crippen molar-refractivity contribution in [1.29, 1.82) is 0 Å². The van der Waals surface area contributed by atoms with E-state index in [0.717, 1.165) is 24.5 Å². The second-order valence-corrected chi connectivity index (χ2v) is 9.85. The normalized spacial score (nSPS) is 20.3. The summed E-state index contributed by atoms with van der Waals surface area (Å²) in [5.41, 5.74) is 0.0679. The summed E-state index contributed by atoms with van der Waals surface area (Å²) in [6, 6.07) is 1.82. The Hall–Kier alpha value is -3.54. The van der Waals surface area contributed by atoms with E-state index in [0.29, 0.717) is 48.8 Å². The Morgan fingerprint density at radius 2 is 1.71 bits per heavy atom. The molecule has 1 saturated heterocycles. The number of benzene rings is 1. The maximum absolute atomic E-state index is 15.1. The number of aromatic nitrogens is 6. The highest BCUT2D eigenvalue weighted by molar-refractivity contribution is 5.87. The molecule has 0 amide bonds. The second kappa shape index (κ2) is 9.04. The number of nitrogens with zero attached hydrogens (tertiary/aromatic N) is 6. The van der Waals surface area contributed by atoms with Gasteiger partial charge in [0, 0.05) is 29.8 Å². The molecule has 2 fully saturated rings. The molecule has 6 rings (SSSR count). The number of fused-ring (bicyclic) bond motifs is 1. The molecule has 0 bridgehead atoms. The van der Waals surface area contributed by atoms with Crippen LogP contribution >= 0.6 is 0 Å². The van der Waals surface area contributed by atoms with Gasteiger partial charge in [-0.15, -0.1) is 0 Å². The average Bonchev–Trinajstić information content (AvgIpc) is 3.61. The van der Waals surface area contributed by atoms with Crippen LogP contribution in [-0.2, 0) is 10.9 Å². The Morgan fingerprint density at radius 1 is 0.947 bits per heavy atom. The number of aryl methyl sites for hydroxylation is 2. The van der Waals surface area contributed by atoms with Crippen LogP contribution in [0.15, 0.2) is 24.5 Å². The van der Waals surface area contributed by atoms with E-state index in [2.05, 4.69) is 25.0 Å². The molecule has 2 atom stereocenters. The fourth-order valence-electron chi connectivity index (χ4n) is 4.77. The topological polar surface area (TPSA) is 78.6 Å². The first-order valence-corrected chi connectivity index (χ1v) is 12.3. The third kappa shape index (κ3) is 4.40. The summed E-state index contributed by atoms with van der Waals surface area (Å²) in [6.07, 6.45) is 1.76. The molecule has 3 aromatic heterocycles. The van der Waals surface area contributed by atoms with Crippen LogP contribution in [0.5, 0.6) is 0 Å². The SMILES string of the molecule is Cc1nc2nc(C3CCOC(c4cnn(C5CC5)c4)C3)nc(-c3ccc(C(F)(F)F)c(F)c3F)c2nc1C. The van der Waals surface area contributed by atoms with Crippen LogP contribution in [-0.4, -0.2) is 36.3 Å². The lowest BCUT2D eigenvalue weighted by molar-refractivity contribution is -0.140. The van der Waals surface area contributed by atoms with Crippen molar-refractivity contribution in [3.05, 3.63) is 64.5 Å². The van der Waals surface area contributed by atoms with Crippen LogP contribution in [0.2, 0.25) is 0 Å². The van der Waals surface area contributed by atoms with Gasteiger partial charge in [0.1, 0.15) is 17.0 Å². The van der Waals surface area contributed by atoms with Crippen molar-refractivity contribution >= 4 is 11.2 Å². The van der Waals surface area contributed by atoms with Crippen molar-refractivity contribution in [2.75, 3.05) is 6.61 Å². The van der Waals surface area contributed by atoms with Crippen LogP contribution in [0, 0.1) is 25.5 Å². The van der Waals surface area contributed by atoms with E-state index >= 15 is 4.39 Å². The number of alkyl halides is 3. The zero-order chi connectivity index (χ0) is 26.8. The van der Waals surface area contributed by atoms with Crippen molar-refractivity contribution < 1.29 is 26.7 Å². The summed E-state index contributed by atoms with van der Waals surface area (Å²) in [5.74, 6) is -3.53. The minimum absolute atomic E-state index is 0.0872. The van der Waals surface area contributed by atoms with Gasteiger partial charge >= 0.3 is 6.18 Å². The molecule has 0 N–H and O–H groups in total. The lowest BCUT2D eigenvalue weighted by Gasteiger charge is -2.28. The number of ether oxygens (including phenoxy) is 1. The molecule has 7 nitrogen and oxygen atoms in total. The van der Waals surface area contributed by atoms with E-state index in [1.54, 1.807) is 20.0 Å². The molecule has 2 aliphatic rings. The Labute approximate surface area is 214 Å². The first-order chi connectivity index (χ1) is 18.1. The quantitative estimate of drug-likeness (QED) is 0.294. The molecule has 1 saturated carbocycles. The molecule has 1 aliphatic carbocycles. The molecule has 1 aromatic carbocycles. The van der Waals surface area contributed by atoms with Gasteiger partial charge in [-0.25, -0.2) is 28.7 Å².